The molecule has 1 saturated heterocycles. The van der Waals surface area contributed by atoms with Crippen molar-refractivity contribution in [2.75, 3.05) is 23.0 Å². The molecule has 0 radical (unpaired) electrons. The fraction of sp³-hybridized carbons (Fsp3) is 0.600. The predicted octanol–water partition coefficient (Wildman–Crippen LogP) is 1.37. The SMILES string of the molecule is NNc1ncnc(NCC2CCCCS2)c1[N+](=O)[O-]. The van der Waals surface area contributed by atoms with E-state index in [9.17, 15) is 10.1 Å². The van der Waals surface area contributed by atoms with Crippen molar-refractivity contribution in [3.05, 3.63) is 16.4 Å². The minimum Gasteiger partial charge on any atom is -0.363 e. The highest BCUT2D eigenvalue weighted by molar-refractivity contribution is 7.99. The maximum absolute atomic E-state index is 11.0. The maximum Gasteiger partial charge on any atom is 0.354 e. The van der Waals surface area contributed by atoms with Gasteiger partial charge < -0.3 is 10.7 Å². The van der Waals surface area contributed by atoms with Gasteiger partial charge in [-0.15, -0.1) is 0 Å². The molecule has 1 aliphatic heterocycles. The minimum absolute atomic E-state index is 0.0128. The molecule has 0 aliphatic carbocycles. The molecule has 0 bridgehead atoms. The van der Waals surface area contributed by atoms with Gasteiger partial charge in [-0.3, -0.25) is 10.1 Å². The van der Waals surface area contributed by atoms with Crippen LogP contribution in [0.25, 0.3) is 0 Å². The summed E-state index contributed by atoms with van der Waals surface area (Å²) in [5.74, 6) is 6.59. The molecule has 0 spiro atoms. The van der Waals surface area contributed by atoms with Gasteiger partial charge in [0.15, 0.2) is 0 Å². The summed E-state index contributed by atoms with van der Waals surface area (Å²) in [6.45, 7) is 0.659. The van der Waals surface area contributed by atoms with Gasteiger partial charge in [0, 0.05) is 11.8 Å². The van der Waals surface area contributed by atoms with Crippen molar-refractivity contribution < 1.29 is 4.92 Å². The van der Waals surface area contributed by atoms with E-state index in [0.717, 1.165) is 12.2 Å². The number of hydrazine groups is 1. The molecule has 2 heterocycles. The average molecular weight is 284 g/mol. The van der Waals surface area contributed by atoms with Gasteiger partial charge >= 0.3 is 5.69 Å². The van der Waals surface area contributed by atoms with Gasteiger partial charge in [0.1, 0.15) is 6.33 Å². The first-order valence-electron chi connectivity index (χ1n) is 6.04. The van der Waals surface area contributed by atoms with Crippen LogP contribution in [0.5, 0.6) is 0 Å². The number of thioether (sulfide) groups is 1. The van der Waals surface area contributed by atoms with Gasteiger partial charge in [-0.05, 0) is 18.6 Å². The third-order valence-corrected chi connectivity index (χ3v) is 4.31. The molecule has 1 aliphatic rings. The van der Waals surface area contributed by atoms with Gasteiger partial charge in [0.05, 0.1) is 4.92 Å². The molecule has 1 fully saturated rings. The fourth-order valence-corrected chi connectivity index (χ4v) is 3.20. The zero-order chi connectivity index (χ0) is 13.7. The Labute approximate surface area is 114 Å². The zero-order valence-corrected chi connectivity index (χ0v) is 11.2. The fourth-order valence-electron chi connectivity index (χ4n) is 1.97. The van der Waals surface area contributed by atoms with Crippen molar-refractivity contribution in [3.8, 4) is 0 Å². The number of nitrogens with zero attached hydrogens (tertiary/aromatic N) is 3. The molecule has 8 nitrogen and oxygen atoms in total. The van der Waals surface area contributed by atoms with Gasteiger partial charge in [-0.25, -0.2) is 15.8 Å². The van der Waals surface area contributed by atoms with Crippen molar-refractivity contribution in [3.63, 3.8) is 0 Å². The predicted molar refractivity (Wildman–Crippen MR) is 75.1 cm³/mol. The number of nitrogens with two attached hydrogens (primary N) is 1. The summed E-state index contributed by atoms with van der Waals surface area (Å²) in [7, 11) is 0. The second kappa shape index (κ2) is 6.53. The number of anilines is 2. The lowest BCUT2D eigenvalue weighted by Gasteiger charge is -2.21. The van der Waals surface area contributed by atoms with Crippen molar-refractivity contribution in [1.29, 1.82) is 0 Å². The summed E-state index contributed by atoms with van der Waals surface area (Å²) in [6.07, 6.45) is 4.83. The highest BCUT2D eigenvalue weighted by Gasteiger charge is 2.23. The lowest BCUT2D eigenvalue weighted by Crippen LogP contribution is -2.21. The van der Waals surface area contributed by atoms with E-state index in [1.807, 2.05) is 11.8 Å². The number of rotatable bonds is 5. The third kappa shape index (κ3) is 3.44. The van der Waals surface area contributed by atoms with Gasteiger partial charge in [0.2, 0.25) is 11.6 Å². The van der Waals surface area contributed by atoms with E-state index < -0.39 is 4.92 Å². The molecule has 2 rings (SSSR count). The first kappa shape index (κ1) is 13.8. The number of nitrogens with one attached hydrogen (secondary N) is 2. The molecule has 1 aromatic heterocycles. The summed E-state index contributed by atoms with van der Waals surface area (Å²) in [6, 6.07) is 0. The number of hydrogen-bond acceptors (Lipinski definition) is 8. The van der Waals surface area contributed by atoms with Gasteiger partial charge in [-0.2, -0.15) is 11.8 Å². The van der Waals surface area contributed by atoms with E-state index in [1.54, 1.807) is 0 Å². The second-order valence-corrected chi connectivity index (χ2v) is 5.60. The first-order valence-corrected chi connectivity index (χ1v) is 7.08. The van der Waals surface area contributed by atoms with Crippen LogP contribution >= 0.6 is 11.8 Å². The Kier molecular flexibility index (Phi) is 4.74. The number of aromatic nitrogens is 2. The van der Waals surface area contributed by atoms with E-state index in [4.69, 9.17) is 5.84 Å². The summed E-state index contributed by atoms with van der Waals surface area (Å²) < 4.78 is 0. The van der Waals surface area contributed by atoms with E-state index in [1.165, 1.54) is 19.2 Å². The van der Waals surface area contributed by atoms with Crippen molar-refractivity contribution >= 4 is 29.1 Å². The van der Waals surface area contributed by atoms with Crippen molar-refractivity contribution in [2.24, 2.45) is 5.84 Å². The van der Waals surface area contributed by atoms with Crippen molar-refractivity contribution in [2.45, 2.75) is 24.5 Å². The van der Waals surface area contributed by atoms with Crippen LogP contribution in [0.1, 0.15) is 19.3 Å². The van der Waals surface area contributed by atoms with Crippen LogP contribution in [0.2, 0.25) is 0 Å². The van der Waals surface area contributed by atoms with Crippen LogP contribution in [0.3, 0.4) is 0 Å². The molecule has 1 unspecified atom stereocenters. The number of nitrogen functional groups attached to an aromatic ring is 1. The molecule has 4 N–H and O–H groups in total. The van der Waals surface area contributed by atoms with Crippen LogP contribution < -0.4 is 16.6 Å². The summed E-state index contributed by atoms with van der Waals surface area (Å²) in [4.78, 5) is 18.2. The molecule has 0 aromatic carbocycles. The summed E-state index contributed by atoms with van der Waals surface area (Å²) in [5.41, 5.74) is 2.00. The highest BCUT2D eigenvalue weighted by atomic mass is 32.2. The lowest BCUT2D eigenvalue weighted by atomic mass is 10.2. The summed E-state index contributed by atoms with van der Waals surface area (Å²) >= 11 is 1.89. The number of nitro groups is 1. The van der Waals surface area contributed by atoms with E-state index in [2.05, 4.69) is 20.7 Å². The van der Waals surface area contributed by atoms with E-state index in [-0.39, 0.29) is 17.3 Å². The Morgan fingerprint density at radius 1 is 1.47 bits per heavy atom. The smallest absolute Gasteiger partial charge is 0.354 e. The number of hydrogen-bond donors (Lipinski definition) is 3. The standard InChI is InChI=1S/C10H16N6O2S/c11-15-10-8(16(17)18)9(13-6-14-10)12-5-7-3-1-2-4-19-7/h6-7H,1-5,11H2,(H2,12,13,14,15). The molecule has 1 aromatic rings. The molecule has 1 atom stereocenters. The topological polar surface area (TPSA) is 119 Å². The van der Waals surface area contributed by atoms with E-state index >= 15 is 0 Å². The normalized spacial score (nSPS) is 18.9. The van der Waals surface area contributed by atoms with Crippen LogP contribution in [-0.4, -0.2) is 32.4 Å². The first-order chi connectivity index (χ1) is 9.22. The second-order valence-electron chi connectivity index (χ2n) is 4.19. The Morgan fingerprint density at radius 2 is 2.26 bits per heavy atom. The zero-order valence-electron chi connectivity index (χ0n) is 10.3. The largest absolute Gasteiger partial charge is 0.363 e. The minimum atomic E-state index is -0.536. The molecule has 104 valence electrons. The maximum atomic E-state index is 11.0. The molecule has 9 heteroatoms. The molecular formula is C10H16N6O2S. The molecule has 19 heavy (non-hydrogen) atoms. The molecular weight excluding hydrogens is 268 g/mol. The van der Waals surface area contributed by atoms with Gasteiger partial charge in [-0.1, -0.05) is 6.42 Å². The Hall–Kier alpha value is -1.61. The molecule has 0 amide bonds. The van der Waals surface area contributed by atoms with Crippen LogP contribution in [-0.2, 0) is 0 Å². The Balaban J connectivity index is 2.08. The Morgan fingerprint density at radius 3 is 2.89 bits per heavy atom. The quantitative estimate of drug-likeness (QED) is 0.421. The van der Waals surface area contributed by atoms with Gasteiger partial charge in [0.25, 0.3) is 0 Å². The van der Waals surface area contributed by atoms with Crippen LogP contribution in [0.15, 0.2) is 6.33 Å². The lowest BCUT2D eigenvalue weighted by molar-refractivity contribution is -0.383. The highest BCUT2D eigenvalue weighted by Crippen LogP contribution is 2.30. The van der Waals surface area contributed by atoms with Crippen LogP contribution in [0.4, 0.5) is 17.3 Å². The van der Waals surface area contributed by atoms with Crippen LogP contribution in [0, 0.1) is 10.1 Å². The van der Waals surface area contributed by atoms with E-state index in [0.29, 0.717) is 11.8 Å². The molecule has 0 saturated carbocycles. The monoisotopic (exact) mass is 284 g/mol. The Bertz CT molecular complexity index is 452. The third-order valence-electron chi connectivity index (χ3n) is 2.91. The summed E-state index contributed by atoms with van der Waals surface area (Å²) in [5, 5.41) is 14.5. The van der Waals surface area contributed by atoms with Crippen molar-refractivity contribution in [1.82, 2.24) is 9.97 Å². The average Bonchev–Trinajstić information content (AvgIpc) is 2.45.